The first-order chi connectivity index (χ1) is 26.4. The lowest BCUT2D eigenvalue weighted by atomic mass is 9.79. The van der Waals surface area contributed by atoms with Crippen molar-refractivity contribution >= 4 is 79.5 Å². The van der Waals surface area contributed by atoms with Gasteiger partial charge in [-0.3, -0.25) is 0 Å². The van der Waals surface area contributed by atoms with Gasteiger partial charge in [-0.15, -0.1) is 0 Å². The van der Waals surface area contributed by atoms with Gasteiger partial charge in [0.2, 0.25) is 0 Å². The molecule has 0 N–H and O–H groups in total. The van der Waals surface area contributed by atoms with Crippen LogP contribution in [0.5, 0.6) is 0 Å². The summed E-state index contributed by atoms with van der Waals surface area (Å²) in [4.78, 5) is 0. The molecule has 2 aliphatic carbocycles. The van der Waals surface area contributed by atoms with Gasteiger partial charge >= 0.3 is 0 Å². The molecule has 55 heavy (non-hydrogen) atoms. The fourth-order valence-electron chi connectivity index (χ4n) is 9.53. The standard InChI is InChI=1S/C50H33Cl5/c1-49(2)37-15-9-7-11-29(37)31-20-17-27(24-39(31)49)41-33-13-5-6-14-34(33)42(28-18-21-32-30-12-8-10-16-38(30)50(3,4)40(32)25-28)36-23-26(19-22-35(36)41)43-44(51)46(53)48(55)47(54)45(43)52/h5-25H,1-4H3. The Hall–Kier alpha value is -4.27. The molecule has 0 saturated carbocycles. The highest BCUT2D eigenvalue weighted by molar-refractivity contribution is 6.56. The Kier molecular flexibility index (Phi) is 7.91. The minimum Gasteiger partial charge on any atom is -0.0819 e. The van der Waals surface area contributed by atoms with Gasteiger partial charge in [0, 0.05) is 16.4 Å². The van der Waals surface area contributed by atoms with Crippen LogP contribution in [0.15, 0.2) is 127 Å². The molecule has 0 bridgehead atoms. The predicted molar refractivity (Wildman–Crippen MR) is 238 cm³/mol. The minimum atomic E-state index is -0.161. The molecule has 2 aliphatic rings. The van der Waals surface area contributed by atoms with Gasteiger partial charge in [0.25, 0.3) is 0 Å². The fraction of sp³-hybridized carbons (Fsp3) is 0.120. The zero-order chi connectivity index (χ0) is 38.1. The lowest BCUT2D eigenvalue weighted by Gasteiger charge is -2.24. The van der Waals surface area contributed by atoms with Crippen molar-refractivity contribution in [3.05, 3.63) is 175 Å². The molecule has 0 amide bonds. The number of hydrogen-bond donors (Lipinski definition) is 0. The Morgan fingerprint density at radius 3 is 1.18 bits per heavy atom. The molecule has 0 atom stereocenters. The van der Waals surface area contributed by atoms with Crippen LogP contribution in [0.25, 0.3) is 77.2 Å². The van der Waals surface area contributed by atoms with E-state index < -0.39 is 0 Å². The van der Waals surface area contributed by atoms with Crippen LogP contribution >= 0.6 is 58.0 Å². The molecule has 8 aromatic rings. The van der Waals surface area contributed by atoms with E-state index in [2.05, 4.69) is 155 Å². The maximum atomic E-state index is 6.94. The number of fused-ring (bicyclic) bond motifs is 8. The van der Waals surface area contributed by atoms with Gasteiger partial charge in [-0.25, -0.2) is 0 Å². The van der Waals surface area contributed by atoms with Crippen LogP contribution < -0.4 is 0 Å². The maximum Gasteiger partial charge on any atom is 0.0809 e. The van der Waals surface area contributed by atoms with Crippen molar-refractivity contribution in [2.75, 3.05) is 0 Å². The van der Waals surface area contributed by atoms with Crippen molar-refractivity contribution in [3.8, 4) is 55.6 Å². The number of rotatable bonds is 3. The summed E-state index contributed by atoms with van der Waals surface area (Å²) in [5.41, 5.74) is 16.2. The van der Waals surface area contributed by atoms with E-state index in [4.69, 9.17) is 58.0 Å². The zero-order valence-electron chi connectivity index (χ0n) is 30.5. The van der Waals surface area contributed by atoms with Gasteiger partial charge in [-0.1, -0.05) is 195 Å². The van der Waals surface area contributed by atoms with E-state index in [0.717, 1.165) is 32.8 Å². The third-order valence-electron chi connectivity index (χ3n) is 12.3. The molecule has 8 aromatic carbocycles. The molecule has 5 heteroatoms. The van der Waals surface area contributed by atoms with Gasteiger partial charge in [0.05, 0.1) is 25.1 Å². The van der Waals surface area contributed by atoms with Gasteiger partial charge in [-0.05, 0) is 112 Å². The Morgan fingerprint density at radius 1 is 0.309 bits per heavy atom. The molecular weight excluding hydrogens is 778 g/mol. The van der Waals surface area contributed by atoms with Crippen molar-refractivity contribution in [2.45, 2.75) is 38.5 Å². The number of halogens is 5. The molecular formula is C50H33Cl5. The summed E-state index contributed by atoms with van der Waals surface area (Å²) in [7, 11) is 0. The summed E-state index contributed by atoms with van der Waals surface area (Å²) in [5.74, 6) is 0. The van der Waals surface area contributed by atoms with Crippen molar-refractivity contribution in [1.82, 2.24) is 0 Å². The fourth-order valence-corrected chi connectivity index (χ4v) is 10.9. The normalized spacial score (nSPS) is 14.6. The second-order valence-electron chi connectivity index (χ2n) is 15.9. The van der Waals surface area contributed by atoms with E-state index >= 15 is 0 Å². The second kappa shape index (κ2) is 12.4. The van der Waals surface area contributed by atoms with Crippen molar-refractivity contribution < 1.29 is 0 Å². The SMILES string of the molecule is CC1(C)c2ccccc2-c2ccc(-c3c4ccccc4c(-c4ccc5c(c4)C(C)(C)c4ccccc4-5)c4cc(-c5c(Cl)c(Cl)c(Cl)c(Cl)c5Cl)ccc34)cc21. The molecule has 0 fully saturated rings. The van der Waals surface area contributed by atoms with E-state index in [-0.39, 0.29) is 35.9 Å². The van der Waals surface area contributed by atoms with Crippen LogP contribution in [-0.4, -0.2) is 0 Å². The first kappa shape index (κ1) is 35.2. The topological polar surface area (TPSA) is 0 Å². The molecule has 0 aliphatic heterocycles. The highest BCUT2D eigenvalue weighted by Gasteiger charge is 2.37. The van der Waals surface area contributed by atoms with Gasteiger partial charge in [0.15, 0.2) is 0 Å². The summed E-state index contributed by atoms with van der Waals surface area (Å²) < 4.78 is 0. The molecule has 0 unspecified atom stereocenters. The highest BCUT2D eigenvalue weighted by Crippen LogP contribution is 2.55. The molecule has 0 saturated heterocycles. The Morgan fingerprint density at radius 2 is 0.673 bits per heavy atom. The summed E-state index contributed by atoms with van der Waals surface area (Å²) in [6, 6.07) is 46.7. The largest absolute Gasteiger partial charge is 0.0819 e. The predicted octanol–water partition coefficient (Wildman–Crippen LogP) is 16.9. The quantitative estimate of drug-likeness (QED) is 0.0947. The molecule has 0 heterocycles. The van der Waals surface area contributed by atoms with Crippen LogP contribution in [0.2, 0.25) is 25.1 Å². The van der Waals surface area contributed by atoms with E-state index in [9.17, 15) is 0 Å². The van der Waals surface area contributed by atoms with E-state index in [0.29, 0.717) is 5.56 Å². The van der Waals surface area contributed by atoms with Crippen LogP contribution in [0.4, 0.5) is 0 Å². The third kappa shape index (κ3) is 4.92. The first-order valence-corrected chi connectivity index (χ1v) is 20.3. The number of benzene rings is 8. The van der Waals surface area contributed by atoms with Crippen molar-refractivity contribution in [2.24, 2.45) is 0 Å². The lowest BCUT2D eigenvalue weighted by molar-refractivity contribution is 0.660. The molecule has 0 aromatic heterocycles. The minimum absolute atomic E-state index is 0.139. The second-order valence-corrected chi connectivity index (χ2v) is 17.8. The smallest absolute Gasteiger partial charge is 0.0809 e. The summed E-state index contributed by atoms with van der Waals surface area (Å²) >= 11 is 33.6. The Balaban J connectivity index is 1.30. The van der Waals surface area contributed by atoms with E-state index in [1.807, 2.05) is 0 Å². The third-order valence-corrected chi connectivity index (χ3v) is 14.5. The first-order valence-electron chi connectivity index (χ1n) is 18.4. The number of hydrogen-bond acceptors (Lipinski definition) is 0. The van der Waals surface area contributed by atoms with Gasteiger partial charge < -0.3 is 0 Å². The zero-order valence-corrected chi connectivity index (χ0v) is 34.3. The summed E-state index contributed by atoms with van der Waals surface area (Å²) in [6.07, 6.45) is 0. The van der Waals surface area contributed by atoms with E-state index in [1.54, 1.807) is 0 Å². The van der Waals surface area contributed by atoms with E-state index in [1.165, 1.54) is 61.0 Å². The molecule has 0 nitrogen and oxygen atoms in total. The van der Waals surface area contributed by atoms with Crippen molar-refractivity contribution in [1.29, 1.82) is 0 Å². The average Bonchev–Trinajstić information content (AvgIpc) is 3.57. The molecule has 268 valence electrons. The Labute approximate surface area is 346 Å². The monoisotopic (exact) mass is 808 g/mol. The highest BCUT2D eigenvalue weighted by atomic mass is 35.5. The van der Waals surface area contributed by atoms with Crippen LogP contribution in [0.1, 0.15) is 49.9 Å². The maximum absolute atomic E-state index is 6.94. The molecule has 0 spiro atoms. The van der Waals surface area contributed by atoms with Gasteiger partial charge in [-0.2, -0.15) is 0 Å². The van der Waals surface area contributed by atoms with Gasteiger partial charge in [0.1, 0.15) is 0 Å². The summed E-state index contributed by atoms with van der Waals surface area (Å²) in [5, 5.41) is 5.54. The lowest BCUT2D eigenvalue weighted by Crippen LogP contribution is -2.15. The van der Waals surface area contributed by atoms with Crippen molar-refractivity contribution in [3.63, 3.8) is 0 Å². The van der Waals surface area contributed by atoms with Crippen LogP contribution in [-0.2, 0) is 10.8 Å². The molecule has 10 rings (SSSR count). The molecule has 0 radical (unpaired) electrons. The summed E-state index contributed by atoms with van der Waals surface area (Å²) in [6.45, 7) is 9.31. The van der Waals surface area contributed by atoms with Crippen LogP contribution in [0.3, 0.4) is 0 Å². The van der Waals surface area contributed by atoms with Crippen LogP contribution in [0, 0.1) is 0 Å². The Bertz CT molecular complexity index is 2960. The average molecular weight is 811 g/mol.